The van der Waals surface area contributed by atoms with E-state index in [9.17, 15) is 24.3 Å². The number of nitrogens with zero attached hydrogens (tertiary/aromatic N) is 2. The summed E-state index contributed by atoms with van der Waals surface area (Å²) >= 11 is 1.33. The Hall–Kier alpha value is -3.86. The number of aliphatic carboxylic acids is 1. The molecule has 2 heterocycles. The molecule has 0 spiro atoms. The summed E-state index contributed by atoms with van der Waals surface area (Å²) in [6, 6.07) is 14.7. The molecule has 0 aromatic heterocycles. The van der Waals surface area contributed by atoms with E-state index in [0.717, 1.165) is 0 Å². The lowest BCUT2D eigenvalue weighted by atomic mass is 9.95. The molecule has 0 aliphatic carbocycles. The van der Waals surface area contributed by atoms with Crippen LogP contribution in [0.4, 0.5) is 0 Å². The number of thioether (sulfide) groups is 1. The quantitative estimate of drug-likeness (QED) is 0.234. The molecule has 2 aliphatic rings. The molecule has 36 heavy (non-hydrogen) atoms. The van der Waals surface area contributed by atoms with Crippen molar-refractivity contribution in [3.8, 4) is 0 Å². The van der Waals surface area contributed by atoms with Gasteiger partial charge in [0, 0.05) is 10.3 Å². The monoisotopic (exact) mass is 509 g/mol. The van der Waals surface area contributed by atoms with Crippen LogP contribution in [0.5, 0.6) is 0 Å². The van der Waals surface area contributed by atoms with Gasteiger partial charge >= 0.3 is 5.97 Å². The molecular weight excluding hydrogens is 482 g/mol. The molecular formula is C25H27N5O5S. The summed E-state index contributed by atoms with van der Waals surface area (Å²) in [7, 11) is 0. The first-order valence-corrected chi connectivity index (χ1v) is 12.2. The summed E-state index contributed by atoms with van der Waals surface area (Å²) in [5.41, 5.74) is 7.16. The Labute approximate surface area is 212 Å². The molecule has 4 rings (SSSR count). The van der Waals surface area contributed by atoms with E-state index in [2.05, 4.69) is 15.6 Å². The van der Waals surface area contributed by atoms with E-state index in [1.807, 2.05) is 6.07 Å². The topological polar surface area (TPSA) is 154 Å². The number of hydrogen-bond acceptors (Lipinski definition) is 6. The Morgan fingerprint density at radius 2 is 1.72 bits per heavy atom. The van der Waals surface area contributed by atoms with Gasteiger partial charge in [-0.05, 0) is 19.4 Å². The molecule has 11 heteroatoms. The molecule has 2 fully saturated rings. The van der Waals surface area contributed by atoms with E-state index in [1.54, 1.807) is 68.4 Å². The molecule has 0 saturated carbocycles. The van der Waals surface area contributed by atoms with E-state index in [1.165, 1.54) is 16.7 Å². The van der Waals surface area contributed by atoms with Crippen LogP contribution in [0.2, 0.25) is 0 Å². The molecule has 10 nitrogen and oxygen atoms in total. The predicted octanol–water partition coefficient (Wildman–Crippen LogP) is 0.881. The van der Waals surface area contributed by atoms with E-state index < -0.39 is 51.9 Å². The number of nitrogens with two attached hydrogens (primary N) is 1. The lowest BCUT2D eigenvalue weighted by Gasteiger charge is -2.44. The van der Waals surface area contributed by atoms with Crippen molar-refractivity contribution in [2.75, 3.05) is 6.54 Å². The molecule has 5 N–H and O–H groups in total. The Morgan fingerprint density at radius 1 is 1.11 bits per heavy atom. The third kappa shape index (κ3) is 4.92. The van der Waals surface area contributed by atoms with E-state index >= 15 is 0 Å². The molecule has 2 saturated heterocycles. The molecule has 2 aromatic rings. The van der Waals surface area contributed by atoms with Crippen LogP contribution in [0, 0.1) is 0 Å². The highest BCUT2D eigenvalue weighted by Crippen LogP contribution is 2.50. The number of aliphatic imine (C=N–C) groups is 1. The predicted molar refractivity (Wildman–Crippen MR) is 135 cm³/mol. The van der Waals surface area contributed by atoms with Gasteiger partial charge in [-0.15, -0.1) is 11.8 Å². The minimum absolute atomic E-state index is 0.195. The smallest absolute Gasteiger partial charge is 0.327 e. The molecule has 4 atom stereocenters. The second kappa shape index (κ2) is 10.0. The van der Waals surface area contributed by atoms with Crippen molar-refractivity contribution in [2.24, 2.45) is 10.7 Å². The highest BCUT2D eigenvalue weighted by atomic mass is 32.2. The normalized spacial score (nSPS) is 23.3. The van der Waals surface area contributed by atoms with E-state index in [0.29, 0.717) is 11.1 Å². The van der Waals surface area contributed by atoms with Crippen LogP contribution < -0.4 is 16.4 Å². The standard InChI is InChI=1S/C25H27N5O5S/c1-25(2)19(24(34)35)30-22(33)18(23(30)36-25)29-21(32)17(14-9-5-3-6-10-14)28-16(31)13-27-20(26)15-11-7-4-8-12-15/h3-12,17-19,23H,13H2,1-2H3,(H2,26,27)(H,28,31)(H,29,32)(H,34,35)/t17?,18-,19+,23-/m1/s1. The van der Waals surface area contributed by atoms with Crippen LogP contribution in [0.1, 0.15) is 31.0 Å². The molecule has 2 aromatic carbocycles. The van der Waals surface area contributed by atoms with Crippen LogP contribution in [0.15, 0.2) is 65.7 Å². The SMILES string of the molecule is CC1(C)S[C@@H]2[C@H](NC(=O)C(NC(=O)CN=C(N)c3ccccc3)c3ccccc3)C(=O)N2[C@H]1C(=O)O. The minimum atomic E-state index is -1.09. The van der Waals surface area contributed by atoms with Crippen LogP contribution in [0.3, 0.4) is 0 Å². The third-order valence-electron chi connectivity index (χ3n) is 6.14. The molecule has 1 unspecified atom stereocenters. The van der Waals surface area contributed by atoms with Gasteiger partial charge in [0.25, 0.3) is 0 Å². The van der Waals surface area contributed by atoms with Gasteiger partial charge in [-0.3, -0.25) is 19.4 Å². The zero-order valence-corrected chi connectivity index (χ0v) is 20.6. The molecule has 188 valence electrons. The van der Waals surface area contributed by atoms with Crippen molar-refractivity contribution in [1.82, 2.24) is 15.5 Å². The molecule has 3 amide bonds. The fourth-order valence-corrected chi connectivity index (χ4v) is 6.02. The number of hydrogen-bond donors (Lipinski definition) is 4. The van der Waals surface area contributed by atoms with Gasteiger partial charge < -0.3 is 26.4 Å². The number of β-lactam (4-membered cyclic amide) rings is 1. The summed E-state index contributed by atoms with van der Waals surface area (Å²) in [6.07, 6.45) is 0. The van der Waals surface area contributed by atoms with Gasteiger partial charge in [0.2, 0.25) is 17.7 Å². The molecule has 0 radical (unpaired) electrons. The zero-order chi connectivity index (χ0) is 26.0. The van der Waals surface area contributed by atoms with Crippen LogP contribution >= 0.6 is 11.8 Å². The first-order valence-electron chi connectivity index (χ1n) is 11.3. The van der Waals surface area contributed by atoms with E-state index in [4.69, 9.17) is 5.73 Å². The van der Waals surface area contributed by atoms with Crippen LogP contribution in [-0.4, -0.2) is 68.3 Å². The van der Waals surface area contributed by atoms with Gasteiger partial charge in [-0.1, -0.05) is 60.7 Å². The van der Waals surface area contributed by atoms with Crippen molar-refractivity contribution >= 4 is 41.3 Å². The number of carboxylic acids is 1. The Morgan fingerprint density at radius 3 is 2.33 bits per heavy atom. The Kier molecular flexibility index (Phi) is 7.02. The summed E-state index contributed by atoms with van der Waals surface area (Å²) in [6.45, 7) is 3.23. The number of carboxylic acid groups (broad SMARTS) is 1. The van der Waals surface area contributed by atoms with Crippen LogP contribution in [0.25, 0.3) is 0 Å². The Bertz CT molecular complexity index is 1200. The second-order valence-electron chi connectivity index (χ2n) is 9.06. The number of amides is 3. The minimum Gasteiger partial charge on any atom is -0.480 e. The van der Waals surface area contributed by atoms with Gasteiger partial charge in [-0.25, -0.2) is 4.79 Å². The second-order valence-corrected chi connectivity index (χ2v) is 10.8. The number of carbonyl (C=O) groups is 4. The largest absolute Gasteiger partial charge is 0.480 e. The third-order valence-corrected chi connectivity index (χ3v) is 7.71. The number of nitrogens with one attached hydrogen (secondary N) is 2. The maximum atomic E-state index is 13.3. The number of amidine groups is 1. The average molecular weight is 510 g/mol. The average Bonchev–Trinajstić information content (AvgIpc) is 3.13. The molecule has 0 bridgehead atoms. The van der Waals surface area contributed by atoms with Crippen molar-refractivity contribution in [3.05, 3.63) is 71.8 Å². The lowest BCUT2D eigenvalue weighted by molar-refractivity contribution is -0.161. The highest BCUT2D eigenvalue weighted by molar-refractivity contribution is 8.01. The van der Waals surface area contributed by atoms with Crippen molar-refractivity contribution in [3.63, 3.8) is 0 Å². The number of carbonyl (C=O) groups excluding carboxylic acids is 3. The Balaban J connectivity index is 1.46. The fourth-order valence-electron chi connectivity index (χ4n) is 4.39. The van der Waals surface area contributed by atoms with Gasteiger partial charge in [0.05, 0.1) is 0 Å². The summed E-state index contributed by atoms with van der Waals surface area (Å²) in [4.78, 5) is 55.9. The van der Waals surface area contributed by atoms with Crippen LogP contribution in [-0.2, 0) is 19.2 Å². The number of rotatable bonds is 8. The summed E-state index contributed by atoms with van der Waals surface area (Å²) in [5.74, 6) is -2.46. The highest BCUT2D eigenvalue weighted by Gasteiger charge is 2.64. The van der Waals surface area contributed by atoms with Crippen molar-refractivity contribution < 1.29 is 24.3 Å². The van der Waals surface area contributed by atoms with Crippen molar-refractivity contribution in [2.45, 2.75) is 42.1 Å². The van der Waals surface area contributed by atoms with Gasteiger partial charge in [0.1, 0.15) is 35.9 Å². The maximum Gasteiger partial charge on any atom is 0.327 e. The molecule has 2 aliphatic heterocycles. The maximum absolute atomic E-state index is 13.3. The van der Waals surface area contributed by atoms with Gasteiger partial charge in [-0.2, -0.15) is 0 Å². The summed E-state index contributed by atoms with van der Waals surface area (Å²) < 4.78 is -0.713. The first kappa shape index (κ1) is 25.2. The zero-order valence-electron chi connectivity index (χ0n) is 19.8. The summed E-state index contributed by atoms with van der Waals surface area (Å²) in [5, 5.41) is 14.5. The van der Waals surface area contributed by atoms with E-state index in [-0.39, 0.29) is 12.4 Å². The first-order chi connectivity index (χ1) is 17.1. The fraction of sp³-hybridized carbons (Fsp3) is 0.320. The number of fused-ring (bicyclic) bond motifs is 1. The number of benzene rings is 2. The van der Waals surface area contributed by atoms with Gasteiger partial charge in [0.15, 0.2) is 0 Å². The van der Waals surface area contributed by atoms with Crippen molar-refractivity contribution in [1.29, 1.82) is 0 Å². The lowest BCUT2D eigenvalue weighted by Crippen LogP contribution is -2.71.